The van der Waals surface area contributed by atoms with Crippen molar-refractivity contribution in [2.24, 2.45) is 4.99 Å². The Hall–Kier alpha value is -1.52. The van der Waals surface area contributed by atoms with E-state index in [1.807, 2.05) is 6.92 Å². The van der Waals surface area contributed by atoms with Gasteiger partial charge in [-0.3, -0.25) is 4.99 Å². The molecule has 0 fully saturated rings. The standard InChI is InChI=1S/C16H20F4N4.HI/c1-2-21-15(23-8-6-16(18,19)20)22-7-5-11-10-24-14-4-3-12(17)9-13(11)14;/h3-4,9-10,24H,2,5-8H2,1H3,(H2,21,22,23);1H. The summed E-state index contributed by atoms with van der Waals surface area (Å²) in [6.45, 7) is 2.54. The topological polar surface area (TPSA) is 52.2 Å². The summed E-state index contributed by atoms with van der Waals surface area (Å²) in [5.41, 5.74) is 1.78. The molecular formula is C16H21F4IN4. The first-order valence-corrected chi connectivity index (χ1v) is 7.73. The normalized spacial score (nSPS) is 12.1. The zero-order chi connectivity index (χ0) is 17.6. The van der Waals surface area contributed by atoms with Crippen molar-refractivity contribution in [2.75, 3.05) is 19.6 Å². The molecule has 3 N–H and O–H groups in total. The highest BCUT2D eigenvalue weighted by Gasteiger charge is 2.26. The number of benzene rings is 1. The highest BCUT2D eigenvalue weighted by Crippen LogP contribution is 2.20. The molecule has 1 heterocycles. The smallest absolute Gasteiger partial charge is 0.361 e. The van der Waals surface area contributed by atoms with Crippen molar-refractivity contribution in [3.63, 3.8) is 0 Å². The molecule has 0 atom stereocenters. The molecule has 0 unspecified atom stereocenters. The molecule has 0 amide bonds. The minimum absolute atomic E-state index is 0. The lowest BCUT2D eigenvalue weighted by molar-refractivity contribution is -0.132. The number of hydrogen-bond acceptors (Lipinski definition) is 1. The number of aromatic nitrogens is 1. The molecular weight excluding hydrogens is 451 g/mol. The average Bonchev–Trinajstić information content (AvgIpc) is 2.88. The SMILES string of the molecule is CCNC(=NCCC(F)(F)F)NCCc1c[nH]c2ccc(F)cc12.I. The number of hydrogen-bond donors (Lipinski definition) is 3. The van der Waals surface area contributed by atoms with Gasteiger partial charge in [0.05, 0.1) is 13.0 Å². The van der Waals surface area contributed by atoms with E-state index in [-0.39, 0.29) is 36.3 Å². The Bertz CT molecular complexity index is 697. The second-order valence-corrected chi connectivity index (χ2v) is 5.31. The number of nitrogens with zero attached hydrogens (tertiary/aromatic N) is 1. The van der Waals surface area contributed by atoms with Gasteiger partial charge in [-0.2, -0.15) is 13.2 Å². The predicted molar refractivity (Wildman–Crippen MR) is 102 cm³/mol. The minimum Gasteiger partial charge on any atom is -0.361 e. The molecule has 0 aliphatic rings. The molecule has 0 bridgehead atoms. The van der Waals surface area contributed by atoms with Crippen molar-refractivity contribution in [3.8, 4) is 0 Å². The lowest BCUT2D eigenvalue weighted by Crippen LogP contribution is -2.38. The van der Waals surface area contributed by atoms with Crippen LogP contribution < -0.4 is 10.6 Å². The first kappa shape index (κ1) is 21.5. The summed E-state index contributed by atoms with van der Waals surface area (Å²) in [5, 5.41) is 6.69. The van der Waals surface area contributed by atoms with E-state index in [2.05, 4.69) is 20.6 Å². The van der Waals surface area contributed by atoms with Gasteiger partial charge in [0.15, 0.2) is 5.96 Å². The van der Waals surface area contributed by atoms with Crippen molar-refractivity contribution in [1.82, 2.24) is 15.6 Å². The average molecular weight is 472 g/mol. The number of rotatable bonds is 6. The molecule has 4 nitrogen and oxygen atoms in total. The lowest BCUT2D eigenvalue weighted by Gasteiger charge is -2.11. The van der Waals surface area contributed by atoms with E-state index < -0.39 is 12.6 Å². The van der Waals surface area contributed by atoms with Crippen LogP contribution in [0.3, 0.4) is 0 Å². The lowest BCUT2D eigenvalue weighted by atomic mass is 10.1. The second-order valence-electron chi connectivity index (χ2n) is 5.31. The van der Waals surface area contributed by atoms with Crippen LogP contribution in [0.15, 0.2) is 29.4 Å². The zero-order valence-corrected chi connectivity index (χ0v) is 16.0. The van der Waals surface area contributed by atoms with Gasteiger partial charge in [-0.05, 0) is 37.1 Å². The van der Waals surface area contributed by atoms with Gasteiger partial charge in [0.25, 0.3) is 0 Å². The maximum absolute atomic E-state index is 13.3. The fourth-order valence-corrected chi connectivity index (χ4v) is 2.31. The molecule has 2 aromatic rings. The molecule has 0 spiro atoms. The molecule has 0 radical (unpaired) electrons. The summed E-state index contributed by atoms with van der Waals surface area (Å²) in [5.74, 6) is 0.0335. The first-order valence-electron chi connectivity index (χ1n) is 7.73. The highest BCUT2D eigenvalue weighted by molar-refractivity contribution is 14.0. The van der Waals surface area contributed by atoms with Crippen LogP contribution in [0.4, 0.5) is 17.6 Å². The van der Waals surface area contributed by atoms with Crippen LogP contribution in [0.25, 0.3) is 10.9 Å². The second kappa shape index (κ2) is 9.83. The Labute approximate surface area is 160 Å². The third-order valence-electron chi connectivity index (χ3n) is 3.43. The van der Waals surface area contributed by atoms with Gasteiger partial charge in [0.1, 0.15) is 5.82 Å². The number of H-pyrrole nitrogens is 1. The third kappa shape index (κ3) is 7.09. The molecule has 0 aliphatic heterocycles. The number of aliphatic imine (C=N–C) groups is 1. The molecule has 0 aliphatic carbocycles. The fraction of sp³-hybridized carbons (Fsp3) is 0.438. The predicted octanol–water partition coefficient (Wildman–Crippen LogP) is 3.98. The van der Waals surface area contributed by atoms with E-state index in [0.29, 0.717) is 25.5 Å². The molecule has 9 heteroatoms. The minimum atomic E-state index is -4.21. The van der Waals surface area contributed by atoms with Gasteiger partial charge in [-0.15, -0.1) is 24.0 Å². The van der Waals surface area contributed by atoms with E-state index in [1.54, 1.807) is 12.3 Å². The third-order valence-corrected chi connectivity index (χ3v) is 3.43. The number of halogens is 5. The van der Waals surface area contributed by atoms with Gasteiger partial charge in [-0.1, -0.05) is 0 Å². The largest absolute Gasteiger partial charge is 0.390 e. The monoisotopic (exact) mass is 472 g/mol. The summed E-state index contributed by atoms with van der Waals surface area (Å²) in [4.78, 5) is 6.96. The zero-order valence-electron chi connectivity index (χ0n) is 13.7. The van der Waals surface area contributed by atoms with Crippen molar-refractivity contribution in [3.05, 3.63) is 35.8 Å². The van der Waals surface area contributed by atoms with E-state index in [9.17, 15) is 17.6 Å². The van der Waals surface area contributed by atoms with Crippen LogP contribution in [0.1, 0.15) is 18.9 Å². The van der Waals surface area contributed by atoms with E-state index in [0.717, 1.165) is 16.5 Å². The summed E-state index contributed by atoms with van der Waals surface area (Å²) in [6.07, 6.45) is -2.77. The number of guanidine groups is 1. The molecule has 25 heavy (non-hydrogen) atoms. The number of nitrogens with one attached hydrogen (secondary N) is 3. The van der Waals surface area contributed by atoms with Crippen LogP contribution in [0.5, 0.6) is 0 Å². The fourth-order valence-electron chi connectivity index (χ4n) is 2.31. The van der Waals surface area contributed by atoms with Gasteiger partial charge < -0.3 is 15.6 Å². The Kier molecular flexibility index (Phi) is 8.46. The van der Waals surface area contributed by atoms with Crippen molar-refractivity contribution < 1.29 is 17.6 Å². The molecule has 0 saturated heterocycles. The molecule has 140 valence electrons. The van der Waals surface area contributed by atoms with Crippen LogP contribution >= 0.6 is 24.0 Å². The van der Waals surface area contributed by atoms with Gasteiger partial charge in [0.2, 0.25) is 0 Å². The summed E-state index contributed by atoms with van der Waals surface area (Å²) < 4.78 is 49.8. The van der Waals surface area contributed by atoms with Gasteiger partial charge in [-0.25, -0.2) is 4.39 Å². The summed E-state index contributed by atoms with van der Waals surface area (Å²) in [6, 6.07) is 4.52. The molecule has 1 aromatic carbocycles. The van der Waals surface area contributed by atoms with Crippen molar-refractivity contribution >= 4 is 40.8 Å². The van der Waals surface area contributed by atoms with E-state index in [1.165, 1.54) is 12.1 Å². The number of aromatic amines is 1. The summed E-state index contributed by atoms with van der Waals surface area (Å²) in [7, 11) is 0. The highest BCUT2D eigenvalue weighted by atomic mass is 127. The number of alkyl halides is 3. The van der Waals surface area contributed by atoms with Crippen molar-refractivity contribution in [1.29, 1.82) is 0 Å². The molecule has 0 saturated carbocycles. The van der Waals surface area contributed by atoms with E-state index >= 15 is 0 Å². The molecule has 2 rings (SSSR count). The van der Waals surface area contributed by atoms with Crippen LogP contribution in [0.2, 0.25) is 0 Å². The maximum Gasteiger partial charge on any atom is 0.390 e. The molecule has 1 aromatic heterocycles. The van der Waals surface area contributed by atoms with E-state index in [4.69, 9.17) is 0 Å². The Balaban J connectivity index is 0.00000312. The quantitative estimate of drug-likeness (QED) is 0.258. The number of fused-ring (bicyclic) bond motifs is 1. The Morgan fingerprint density at radius 2 is 2.00 bits per heavy atom. The van der Waals surface area contributed by atoms with Crippen LogP contribution in [0, 0.1) is 5.82 Å². The first-order chi connectivity index (χ1) is 11.4. The maximum atomic E-state index is 13.3. The van der Waals surface area contributed by atoms with Crippen LogP contribution in [-0.2, 0) is 6.42 Å². The van der Waals surface area contributed by atoms with Gasteiger partial charge in [0, 0.05) is 30.2 Å². The Morgan fingerprint density at radius 1 is 1.24 bits per heavy atom. The van der Waals surface area contributed by atoms with Crippen molar-refractivity contribution in [2.45, 2.75) is 25.9 Å². The van der Waals surface area contributed by atoms with Crippen LogP contribution in [-0.4, -0.2) is 36.8 Å². The van der Waals surface area contributed by atoms with Gasteiger partial charge >= 0.3 is 6.18 Å². The summed E-state index contributed by atoms with van der Waals surface area (Å²) >= 11 is 0. The Morgan fingerprint density at radius 3 is 2.68 bits per heavy atom.